The lowest BCUT2D eigenvalue weighted by molar-refractivity contribution is 1.09. The molecule has 0 radical (unpaired) electrons. The molecule has 3 rings (SSSR count). The molecule has 1 aromatic heterocycles. The summed E-state index contributed by atoms with van der Waals surface area (Å²) >= 11 is 0. The fourth-order valence-corrected chi connectivity index (χ4v) is 1.67. The van der Waals surface area contributed by atoms with Gasteiger partial charge in [0.1, 0.15) is 6.33 Å². The Hall–Kier alpha value is -2.36. The summed E-state index contributed by atoms with van der Waals surface area (Å²) in [4.78, 5) is 4.01. The van der Waals surface area contributed by atoms with Crippen LogP contribution < -0.4 is 5.32 Å². The van der Waals surface area contributed by atoms with E-state index in [9.17, 15) is 0 Å². The van der Waals surface area contributed by atoms with Gasteiger partial charge in [-0.05, 0) is 22.9 Å². The highest BCUT2D eigenvalue weighted by Crippen LogP contribution is 2.20. The van der Waals surface area contributed by atoms with Gasteiger partial charge in [-0.25, -0.2) is 4.98 Å². The lowest BCUT2D eigenvalue weighted by atomic mass is 10.1. The van der Waals surface area contributed by atoms with Crippen LogP contribution in [0.25, 0.3) is 10.8 Å². The van der Waals surface area contributed by atoms with E-state index in [0.717, 1.165) is 5.69 Å². The maximum atomic E-state index is 4.01. The number of H-pyrrole nitrogens is 1. The van der Waals surface area contributed by atoms with Crippen molar-refractivity contribution in [2.45, 2.75) is 0 Å². The molecule has 0 atom stereocenters. The number of hydrogen-bond donors (Lipinski definition) is 2. The second kappa shape index (κ2) is 3.66. The van der Waals surface area contributed by atoms with Gasteiger partial charge in [0, 0.05) is 5.69 Å². The SMILES string of the molecule is c1ccc2cc(Nc3nc[nH]n3)ccc2c1. The zero-order chi connectivity index (χ0) is 10.8. The quantitative estimate of drug-likeness (QED) is 0.683. The molecule has 0 amide bonds. The number of aromatic nitrogens is 3. The Bertz CT molecular complexity index is 601. The van der Waals surface area contributed by atoms with Crippen molar-refractivity contribution in [1.29, 1.82) is 0 Å². The molecule has 0 aliphatic heterocycles. The average Bonchev–Trinajstić information content (AvgIpc) is 2.82. The summed E-state index contributed by atoms with van der Waals surface area (Å²) in [6.07, 6.45) is 1.55. The van der Waals surface area contributed by atoms with Gasteiger partial charge in [0.2, 0.25) is 5.95 Å². The van der Waals surface area contributed by atoms with Crippen LogP contribution in [0.4, 0.5) is 11.6 Å². The third kappa shape index (κ3) is 1.61. The molecule has 0 bridgehead atoms. The van der Waals surface area contributed by atoms with Gasteiger partial charge >= 0.3 is 0 Å². The molecular formula is C12H10N4. The number of nitrogens with zero attached hydrogens (tertiary/aromatic N) is 2. The normalized spacial score (nSPS) is 10.5. The van der Waals surface area contributed by atoms with Gasteiger partial charge in [-0.15, -0.1) is 5.10 Å². The van der Waals surface area contributed by atoms with E-state index in [-0.39, 0.29) is 0 Å². The molecule has 4 heteroatoms. The van der Waals surface area contributed by atoms with Gasteiger partial charge in [0.15, 0.2) is 0 Å². The third-order valence-corrected chi connectivity index (χ3v) is 2.42. The molecule has 0 fully saturated rings. The Morgan fingerprint density at radius 3 is 2.69 bits per heavy atom. The Morgan fingerprint density at radius 2 is 1.88 bits per heavy atom. The first kappa shape index (κ1) is 8.91. The molecule has 16 heavy (non-hydrogen) atoms. The number of anilines is 2. The van der Waals surface area contributed by atoms with Gasteiger partial charge in [0.25, 0.3) is 0 Å². The highest BCUT2D eigenvalue weighted by atomic mass is 15.3. The van der Waals surface area contributed by atoms with Crippen LogP contribution in [0.2, 0.25) is 0 Å². The van der Waals surface area contributed by atoms with Crippen molar-refractivity contribution in [3.05, 3.63) is 48.8 Å². The molecule has 2 N–H and O–H groups in total. The molecule has 0 spiro atoms. The summed E-state index contributed by atoms with van der Waals surface area (Å²) in [5, 5.41) is 12.2. The Kier molecular flexibility index (Phi) is 2.04. The minimum absolute atomic E-state index is 0.579. The van der Waals surface area contributed by atoms with E-state index in [2.05, 4.69) is 44.8 Å². The highest BCUT2D eigenvalue weighted by molar-refractivity contribution is 5.86. The molecule has 0 saturated carbocycles. The molecule has 78 valence electrons. The van der Waals surface area contributed by atoms with Gasteiger partial charge in [-0.2, -0.15) is 0 Å². The van der Waals surface area contributed by atoms with Crippen LogP contribution >= 0.6 is 0 Å². The van der Waals surface area contributed by atoms with E-state index in [1.807, 2.05) is 18.2 Å². The zero-order valence-electron chi connectivity index (χ0n) is 8.51. The van der Waals surface area contributed by atoms with Crippen molar-refractivity contribution in [2.24, 2.45) is 0 Å². The topological polar surface area (TPSA) is 53.6 Å². The second-order valence-corrected chi connectivity index (χ2v) is 3.51. The van der Waals surface area contributed by atoms with E-state index < -0.39 is 0 Å². The van der Waals surface area contributed by atoms with Crippen molar-refractivity contribution in [3.63, 3.8) is 0 Å². The average molecular weight is 210 g/mol. The molecule has 4 nitrogen and oxygen atoms in total. The molecule has 0 unspecified atom stereocenters. The van der Waals surface area contributed by atoms with E-state index in [4.69, 9.17) is 0 Å². The monoisotopic (exact) mass is 210 g/mol. The number of rotatable bonds is 2. The predicted octanol–water partition coefficient (Wildman–Crippen LogP) is 2.70. The maximum absolute atomic E-state index is 4.01. The van der Waals surface area contributed by atoms with Crippen molar-refractivity contribution in [3.8, 4) is 0 Å². The summed E-state index contributed by atoms with van der Waals surface area (Å²) in [5.74, 6) is 0.579. The first-order valence-electron chi connectivity index (χ1n) is 5.03. The van der Waals surface area contributed by atoms with E-state index in [1.54, 1.807) is 6.33 Å². The van der Waals surface area contributed by atoms with Gasteiger partial charge in [0.05, 0.1) is 0 Å². The van der Waals surface area contributed by atoms with E-state index in [0.29, 0.717) is 5.95 Å². The van der Waals surface area contributed by atoms with Gasteiger partial charge in [-0.3, -0.25) is 5.10 Å². The molecule has 3 aromatic rings. The van der Waals surface area contributed by atoms with Crippen LogP contribution in [0, 0.1) is 0 Å². The second-order valence-electron chi connectivity index (χ2n) is 3.51. The summed E-state index contributed by atoms with van der Waals surface area (Å²) < 4.78 is 0. The summed E-state index contributed by atoms with van der Waals surface area (Å²) in [6, 6.07) is 14.4. The molecule has 0 aliphatic rings. The van der Waals surface area contributed by atoms with Crippen molar-refractivity contribution < 1.29 is 0 Å². The summed E-state index contributed by atoms with van der Waals surface area (Å²) in [6.45, 7) is 0. The van der Waals surface area contributed by atoms with E-state index >= 15 is 0 Å². The fraction of sp³-hybridized carbons (Fsp3) is 0. The molecule has 1 heterocycles. The van der Waals surface area contributed by atoms with E-state index in [1.165, 1.54) is 10.8 Å². The maximum Gasteiger partial charge on any atom is 0.246 e. The van der Waals surface area contributed by atoms with Crippen LogP contribution in [0.3, 0.4) is 0 Å². The van der Waals surface area contributed by atoms with Crippen LogP contribution in [-0.2, 0) is 0 Å². The standard InChI is InChI=1S/C12H10N4/c1-2-4-10-7-11(6-5-9(10)3-1)15-12-13-8-14-16-12/h1-8H,(H2,13,14,15,16). The minimum Gasteiger partial charge on any atom is -0.323 e. The Balaban J connectivity index is 1.99. The molecule has 0 aliphatic carbocycles. The summed E-state index contributed by atoms with van der Waals surface area (Å²) in [7, 11) is 0. The third-order valence-electron chi connectivity index (χ3n) is 2.42. The number of benzene rings is 2. The zero-order valence-corrected chi connectivity index (χ0v) is 8.51. The number of hydrogen-bond acceptors (Lipinski definition) is 3. The number of nitrogens with one attached hydrogen (secondary N) is 2. The first-order chi connectivity index (χ1) is 7.92. The van der Waals surface area contributed by atoms with Crippen molar-refractivity contribution in [1.82, 2.24) is 15.2 Å². The number of fused-ring (bicyclic) bond motifs is 1. The van der Waals surface area contributed by atoms with Crippen molar-refractivity contribution >= 4 is 22.4 Å². The molecule has 2 aromatic carbocycles. The number of aromatic amines is 1. The lowest BCUT2D eigenvalue weighted by Crippen LogP contribution is -1.91. The minimum atomic E-state index is 0.579. The largest absolute Gasteiger partial charge is 0.323 e. The van der Waals surface area contributed by atoms with Crippen LogP contribution in [0.15, 0.2) is 48.8 Å². The highest BCUT2D eigenvalue weighted by Gasteiger charge is 1.98. The predicted molar refractivity (Wildman–Crippen MR) is 63.6 cm³/mol. The van der Waals surface area contributed by atoms with Gasteiger partial charge < -0.3 is 5.32 Å². The van der Waals surface area contributed by atoms with Crippen LogP contribution in [0.1, 0.15) is 0 Å². The lowest BCUT2D eigenvalue weighted by Gasteiger charge is -2.03. The molecular weight excluding hydrogens is 200 g/mol. The Morgan fingerprint density at radius 1 is 1.00 bits per heavy atom. The summed E-state index contributed by atoms with van der Waals surface area (Å²) in [5.41, 5.74) is 0.985. The first-order valence-corrected chi connectivity index (χ1v) is 5.03. The van der Waals surface area contributed by atoms with Crippen LogP contribution in [0.5, 0.6) is 0 Å². The van der Waals surface area contributed by atoms with Gasteiger partial charge in [-0.1, -0.05) is 30.3 Å². The fourth-order valence-electron chi connectivity index (χ4n) is 1.67. The smallest absolute Gasteiger partial charge is 0.246 e. The van der Waals surface area contributed by atoms with Crippen LogP contribution in [-0.4, -0.2) is 15.2 Å². The van der Waals surface area contributed by atoms with Crippen molar-refractivity contribution in [2.75, 3.05) is 5.32 Å². The Labute approximate surface area is 92.3 Å². The molecule has 0 saturated heterocycles.